The van der Waals surface area contributed by atoms with Crippen LogP contribution < -0.4 is 21.3 Å². The zero-order valence-corrected chi connectivity index (χ0v) is 10.7. The Hall–Kier alpha value is -1.06. The molecule has 1 saturated heterocycles. The van der Waals surface area contributed by atoms with Gasteiger partial charge in [0, 0.05) is 25.5 Å². The molecule has 0 bridgehead atoms. The Labute approximate surface area is 106 Å². The summed E-state index contributed by atoms with van der Waals surface area (Å²) in [5, 5.41) is -0.644. The summed E-state index contributed by atoms with van der Waals surface area (Å²) in [6.45, 7) is 0.668. The third-order valence-electron chi connectivity index (χ3n) is 2.84. The maximum atomic E-state index is 11.9. The number of hydrogen-bond donors (Lipinski definition) is 4. The van der Waals surface area contributed by atoms with Gasteiger partial charge in [-0.3, -0.25) is 10.4 Å². The van der Waals surface area contributed by atoms with Crippen LogP contribution in [0.4, 0.5) is 0 Å². The second kappa shape index (κ2) is 5.72. The van der Waals surface area contributed by atoms with E-state index in [2.05, 4.69) is 20.6 Å². The monoisotopic (exact) mass is 271 g/mol. The molecule has 2 unspecified atom stereocenters. The standard InChI is InChI=1S/C10H17N5O2S/c11-10-9(7-13-15-10)18(16,17)14-6-3-8-1-4-12-5-2-8/h1-2,4-5,9-10,13-15H,3,6-7,11H2. The van der Waals surface area contributed by atoms with Crippen LogP contribution in [0.1, 0.15) is 5.56 Å². The number of sulfonamides is 1. The van der Waals surface area contributed by atoms with Crippen LogP contribution in [0.15, 0.2) is 24.5 Å². The van der Waals surface area contributed by atoms with Crippen molar-refractivity contribution in [2.45, 2.75) is 17.8 Å². The summed E-state index contributed by atoms with van der Waals surface area (Å²) in [5.74, 6) is 0. The topological polar surface area (TPSA) is 109 Å². The Morgan fingerprint density at radius 3 is 2.78 bits per heavy atom. The lowest BCUT2D eigenvalue weighted by atomic mass is 10.2. The minimum absolute atomic E-state index is 0.311. The Balaban J connectivity index is 1.86. The van der Waals surface area contributed by atoms with Crippen LogP contribution in [0.5, 0.6) is 0 Å². The molecule has 0 aromatic carbocycles. The van der Waals surface area contributed by atoms with Crippen molar-refractivity contribution in [3.05, 3.63) is 30.1 Å². The van der Waals surface area contributed by atoms with Gasteiger partial charge in [0.2, 0.25) is 10.0 Å². The number of pyridine rings is 1. The predicted octanol–water partition coefficient (Wildman–Crippen LogP) is -1.70. The molecule has 5 N–H and O–H groups in total. The number of nitrogens with one attached hydrogen (secondary N) is 3. The van der Waals surface area contributed by atoms with Gasteiger partial charge in [-0.2, -0.15) is 0 Å². The number of rotatable bonds is 5. The minimum Gasteiger partial charge on any atom is -0.314 e. The van der Waals surface area contributed by atoms with E-state index >= 15 is 0 Å². The third kappa shape index (κ3) is 3.24. The molecule has 1 aromatic heterocycles. The van der Waals surface area contributed by atoms with Gasteiger partial charge in [0.05, 0.1) is 6.17 Å². The summed E-state index contributed by atoms with van der Waals surface area (Å²) in [6.07, 6.45) is 3.42. The van der Waals surface area contributed by atoms with Crippen molar-refractivity contribution in [3.8, 4) is 0 Å². The average Bonchev–Trinajstić information content (AvgIpc) is 2.77. The lowest BCUT2D eigenvalue weighted by Crippen LogP contribution is -2.48. The van der Waals surface area contributed by atoms with E-state index in [1.165, 1.54) is 0 Å². The molecular weight excluding hydrogens is 254 g/mol. The molecule has 2 heterocycles. The smallest absolute Gasteiger partial charge is 0.218 e. The second-order valence-corrected chi connectivity index (χ2v) is 6.12. The van der Waals surface area contributed by atoms with E-state index in [0.29, 0.717) is 19.5 Å². The Morgan fingerprint density at radius 1 is 1.44 bits per heavy atom. The van der Waals surface area contributed by atoms with Gasteiger partial charge < -0.3 is 5.73 Å². The SMILES string of the molecule is NC1NNCC1S(=O)(=O)NCCc1ccncc1. The highest BCUT2D eigenvalue weighted by molar-refractivity contribution is 7.90. The van der Waals surface area contributed by atoms with Crippen molar-refractivity contribution in [1.82, 2.24) is 20.6 Å². The zero-order valence-electron chi connectivity index (χ0n) is 9.83. The highest BCUT2D eigenvalue weighted by atomic mass is 32.2. The lowest BCUT2D eigenvalue weighted by Gasteiger charge is -2.15. The van der Waals surface area contributed by atoms with E-state index in [0.717, 1.165) is 5.56 Å². The number of hydrazine groups is 1. The molecule has 8 heteroatoms. The molecule has 0 radical (unpaired) electrons. The van der Waals surface area contributed by atoms with Gasteiger partial charge in [-0.1, -0.05) is 0 Å². The maximum Gasteiger partial charge on any atom is 0.218 e. The predicted molar refractivity (Wildman–Crippen MR) is 67.8 cm³/mol. The van der Waals surface area contributed by atoms with Gasteiger partial charge in [-0.05, 0) is 24.1 Å². The van der Waals surface area contributed by atoms with Crippen molar-refractivity contribution < 1.29 is 8.42 Å². The minimum atomic E-state index is -3.39. The first kappa shape index (κ1) is 13.4. The summed E-state index contributed by atoms with van der Waals surface area (Å²) < 4.78 is 26.5. The quantitative estimate of drug-likeness (QED) is 0.508. The van der Waals surface area contributed by atoms with Crippen LogP contribution in [-0.2, 0) is 16.4 Å². The summed E-state index contributed by atoms with van der Waals surface area (Å²) in [7, 11) is -3.39. The molecule has 1 aromatic rings. The van der Waals surface area contributed by atoms with Gasteiger partial charge in [-0.25, -0.2) is 18.6 Å². The van der Waals surface area contributed by atoms with Crippen molar-refractivity contribution in [3.63, 3.8) is 0 Å². The fourth-order valence-electron chi connectivity index (χ4n) is 1.79. The molecule has 2 rings (SSSR count). The third-order valence-corrected chi connectivity index (χ3v) is 4.70. The van der Waals surface area contributed by atoms with Crippen molar-refractivity contribution in [2.24, 2.45) is 5.73 Å². The summed E-state index contributed by atoms with van der Waals surface area (Å²) >= 11 is 0. The Bertz CT molecular complexity index is 478. The fraction of sp³-hybridized carbons (Fsp3) is 0.500. The zero-order chi connectivity index (χ0) is 13.0. The largest absolute Gasteiger partial charge is 0.314 e. The molecular formula is C10H17N5O2S. The molecule has 1 aliphatic heterocycles. The van der Waals surface area contributed by atoms with Crippen molar-refractivity contribution in [2.75, 3.05) is 13.1 Å². The highest BCUT2D eigenvalue weighted by Gasteiger charge is 2.34. The molecule has 100 valence electrons. The molecule has 18 heavy (non-hydrogen) atoms. The fourth-order valence-corrected chi connectivity index (χ4v) is 3.15. The first-order chi connectivity index (χ1) is 8.59. The van der Waals surface area contributed by atoms with Crippen LogP contribution in [-0.4, -0.2) is 37.9 Å². The van der Waals surface area contributed by atoms with Crippen LogP contribution in [0.3, 0.4) is 0 Å². The number of hydrogen-bond acceptors (Lipinski definition) is 6. The Kier molecular flexibility index (Phi) is 4.25. The highest BCUT2D eigenvalue weighted by Crippen LogP contribution is 2.05. The van der Waals surface area contributed by atoms with Crippen LogP contribution in [0.2, 0.25) is 0 Å². The number of nitrogens with zero attached hydrogens (tertiary/aromatic N) is 1. The van der Waals surface area contributed by atoms with Crippen molar-refractivity contribution in [1.29, 1.82) is 0 Å². The Morgan fingerprint density at radius 2 is 2.17 bits per heavy atom. The van der Waals surface area contributed by atoms with Gasteiger partial charge in [0.25, 0.3) is 0 Å². The molecule has 0 spiro atoms. The van der Waals surface area contributed by atoms with Crippen LogP contribution >= 0.6 is 0 Å². The van der Waals surface area contributed by atoms with Gasteiger partial charge in [-0.15, -0.1) is 0 Å². The van der Waals surface area contributed by atoms with Crippen LogP contribution in [0.25, 0.3) is 0 Å². The van der Waals surface area contributed by atoms with Crippen molar-refractivity contribution >= 4 is 10.0 Å². The van der Waals surface area contributed by atoms with Gasteiger partial charge in [0.15, 0.2) is 0 Å². The molecule has 0 aliphatic carbocycles. The lowest BCUT2D eigenvalue weighted by molar-refractivity contribution is 0.540. The van der Waals surface area contributed by atoms with E-state index in [1.807, 2.05) is 12.1 Å². The second-order valence-electron chi connectivity index (χ2n) is 4.13. The van der Waals surface area contributed by atoms with Gasteiger partial charge >= 0.3 is 0 Å². The molecule has 2 atom stereocenters. The summed E-state index contributed by atoms with van der Waals surface area (Å²) in [6, 6.07) is 3.72. The number of aromatic nitrogens is 1. The van der Waals surface area contributed by atoms with E-state index in [1.54, 1.807) is 12.4 Å². The van der Waals surface area contributed by atoms with E-state index in [9.17, 15) is 8.42 Å². The average molecular weight is 271 g/mol. The molecule has 1 aliphatic rings. The van der Waals surface area contributed by atoms with E-state index in [-0.39, 0.29) is 0 Å². The molecule has 0 saturated carbocycles. The van der Waals surface area contributed by atoms with E-state index < -0.39 is 21.4 Å². The maximum absolute atomic E-state index is 11.9. The first-order valence-electron chi connectivity index (χ1n) is 5.71. The summed E-state index contributed by atoms with van der Waals surface area (Å²) in [4.78, 5) is 3.90. The van der Waals surface area contributed by atoms with Crippen LogP contribution in [0, 0.1) is 0 Å². The first-order valence-corrected chi connectivity index (χ1v) is 7.25. The summed E-state index contributed by atoms with van der Waals surface area (Å²) in [5.41, 5.74) is 12.1. The molecule has 1 fully saturated rings. The molecule has 0 amide bonds. The normalized spacial score (nSPS) is 24.3. The molecule has 7 nitrogen and oxygen atoms in total. The van der Waals surface area contributed by atoms with Gasteiger partial charge in [0.1, 0.15) is 5.25 Å². The number of nitrogens with two attached hydrogens (primary N) is 1. The van der Waals surface area contributed by atoms with E-state index in [4.69, 9.17) is 5.73 Å².